The molecule has 0 amide bonds. The highest BCUT2D eigenvalue weighted by Crippen LogP contribution is 2.48. The monoisotopic (exact) mass is 833 g/mol. The lowest BCUT2D eigenvalue weighted by Crippen LogP contribution is -2.11. The molecule has 0 bridgehead atoms. The van der Waals surface area contributed by atoms with Gasteiger partial charge in [0.05, 0.1) is 56.2 Å². The number of aromatic nitrogens is 2. The summed E-state index contributed by atoms with van der Waals surface area (Å²) in [6, 6.07) is 42.4. The molecule has 2 aromatic heterocycles. The quantitative estimate of drug-likeness (QED) is 0.163. The fourth-order valence-corrected chi connectivity index (χ4v) is 8.82. The Labute approximate surface area is 355 Å². The topological polar surface area (TPSA) is 33.6 Å². The molecule has 310 valence electrons. The van der Waals surface area contributed by atoms with Crippen molar-refractivity contribution in [3.8, 4) is 39.7 Å². The first kappa shape index (κ1) is 40.6. The van der Waals surface area contributed by atoms with Gasteiger partial charge in [-0.15, -0.1) is 0 Å². The van der Waals surface area contributed by atoms with Gasteiger partial charge in [-0.2, -0.15) is 31.6 Å². The second-order valence-electron chi connectivity index (χ2n) is 18.0. The molecule has 7 aromatic carbocycles. The molecule has 0 atom stereocenters. The summed E-state index contributed by atoms with van der Waals surface area (Å²) in [6.45, 7) is 12.8. The zero-order valence-electron chi connectivity index (χ0n) is 34.9. The molecule has 2 heterocycles. The molecule has 0 fully saturated rings. The highest BCUT2D eigenvalue weighted by molar-refractivity contribution is 6.12. The summed E-state index contributed by atoms with van der Waals surface area (Å²) < 4.78 is 91.6. The maximum atomic E-state index is 14.6. The van der Waals surface area contributed by atoms with Gasteiger partial charge in [-0.25, -0.2) is 0 Å². The number of nitrogens with zero attached hydrogens (tertiary/aromatic N) is 3. The average molecular weight is 834 g/mol. The smallest absolute Gasteiger partial charge is 0.309 e. The normalized spacial score (nSPS) is 12.8. The second kappa shape index (κ2) is 14.1. The average Bonchev–Trinajstić information content (AvgIpc) is 3.74. The van der Waals surface area contributed by atoms with E-state index in [9.17, 15) is 31.6 Å². The third kappa shape index (κ3) is 6.69. The minimum atomic E-state index is -5.09. The first-order valence-corrected chi connectivity index (χ1v) is 20.3. The molecular weight excluding hydrogens is 793 g/mol. The van der Waals surface area contributed by atoms with Gasteiger partial charge in [0.15, 0.2) is 0 Å². The number of benzene rings is 7. The van der Waals surface area contributed by atoms with Crippen LogP contribution in [0.3, 0.4) is 0 Å². The molecule has 9 rings (SSSR count). The molecule has 0 aliphatic heterocycles. The van der Waals surface area contributed by atoms with Crippen LogP contribution in [0.15, 0.2) is 140 Å². The first-order valence-electron chi connectivity index (χ1n) is 20.3. The zero-order chi connectivity index (χ0) is 44.1. The van der Waals surface area contributed by atoms with Crippen LogP contribution in [0.5, 0.6) is 0 Å². The molecule has 0 saturated heterocycles. The van der Waals surface area contributed by atoms with Gasteiger partial charge in [-0.05, 0) is 106 Å². The molecule has 0 aliphatic carbocycles. The van der Waals surface area contributed by atoms with Crippen molar-refractivity contribution in [3.05, 3.63) is 167 Å². The van der Waals surface area contributed by atoms with Crippen LogP contribution in [0, 0.1) is 11.3 Å². The number of halogens is 6. The number of hydrogen-bond acceptors (Lipinski definition) is 1. The van der Waals surface area contributed by atoms with E-state index in [1.807, 2.05) is 88.0 Å². The van der Waals surface area contributed by atoms with E-state index in [1.165, 1.54) is 0 Å². The zero-order valence-corrected chi connectivity index (χ0v) is 34.9. The number of nitriles is 1. The van der Waals surface area contributed by atoms with Gasteiger partial charge >= 0.3 is 12.4 Å². The van der Waals surface area contributed by atoms with E-state index >= 15 is 0 Å². The molecular formula is C53H41F6N3. The lowest BCUT2D eigenvalue weighted by Gasteiger charge is -2.24. The summed E-state index contributed by atoms with van der Waals surface area (Å²) in [5, 5.41) is 14.8. The van der Waals surface area contributed by atoms with Crippen molar-refractivity contribution in [3.63, 3.8) is 0 Å². The van der Waals surface area contributed by atoms with Crippen LogP contribution >= 0.6 is 0 Å². The summed E-state index contributed by atoms with van der Waals surface area (Å²) in [6.07, 6.45) is -10.2. The minimum Gasteiger partial charge on any atom is -0.309 e. The Morgan fingerprint density at radius 3 is 1.31 bits per heavy atom. The fraction of sp³-hybridized carbons (Fsp3) is 0.189. The van der Waals surface area contributed by atoms with Crippen LogP contribution < -0.4 is 0 Å². The van der Waals surface area contributed by atoms with E-state index in [-0.39, 0.29) is 33.6 Å². The Balaban J connectivity index is 1.48. The number of rotatable bonds is 4. The van der Waals surface area contributed by atoms with Gasteiger partial charge in [0.1, 0.15) is 0 Å². The molecule has 0 N–H and O–H groups in total. The van der Waals surface area contributed by atoms with Crippen molar-refractivity contribution in [2.45, 2.75) is 64.7 Å². The standard InChI is InChI=1S/C53H41F6N3/c1-50(2,3)33-21-23-44-40(28-33)38-14-7-9-17-42(38)61(44)46-19-11-13-31(30-60)48(46)49-37(32-25-35(52(54,55)56)27-36(26-32)53(57,58)59)16-12-20-47(49)62-43-18-10-8-15-39(43)41-29-34(51(4,5)6)22-24-45(41)62/h7-29H,1-6H3. The molecule has 0 aliphatic rings. The third-order valence-corrected chi connectivity index (χ3v) is 11.9. The Kier molecular flexibility index (Phi) is 9.26. The van der Waals surface area contributed by atoms with Gasteiger partial charge in [0, 0.05) is 32.7 Å². The number of para-hydroxylation sites is 2. The van der Waals surface area contributed by atoms with Crippen LogP contribution in [0.25, 0.3) is 77.2 Å². The van der Waals surface area contributed by atoms with Gasteiger partial charge in [-0.3, -0.25) is 0 Å². The SMILES string of the molecule is CC(C)(C)c1ccc2c(c1)c1ccccc1n2-c1cccc(C#N)c1-c1c(-c2cc(C(F)(F)F)cc(C(F)(F)F)c2)cccc1-n1c2ccccc2c2cc(C(C)(C)C)ccc21. The molecule has 9 aromatic rings. The lowest BCUT2D eigenvalue weighted by molar-refractivity contribution is -0.143. The highest BCUT2D eigenvalue weighted by Gasteiger charge is 2.38. The van der Waals surface area contributed by atoms with Crippen molar-refractivity contribution >= 4 is 43.6 Å². The van der Waals surface area contributed by atoms with Crippen LogP contribution in [-0.2, 0) is 23.2 Å². The van der Waals surface area contributed by atoms with Crippen molar-refractivity contribution in [1.82, 2.24) is 9.13 Å². The van der Waals surface area contributed by atoms with Gasteiger partial charge in [-0.1, -0.05) is 108 Å². The molecule has 62 heavy (non-hydrogen) atoms. The maximum Gasteiger partial charge on any atom is 0.416 e. The minimum absolute atomic E-state index is 0.0936. The van der Waals surface area contributed by atoms with E-state index in [1.54, 1.807) is 24.3 Å². The summed E-state index contributed by atoms with van der Waals surface area (Å²) in [5.74, 6) is 0. The predicted molar refractivity (Wildman–Crippen MR) is 238 cm³/mol. The summed E-state index contributed by atoms with van der Waals surface area (Å²) >= 11 is 0. The summed E-state index contributed by atoms with van der Waals surface area (Å²) in [5.41, 5.74) is 3.79. The van der Waals surface area contributed by atoms with Crippen LogP contribution in [0.4, 0.5) is 26.3 Å². The van der Waals surface area contributed by atoms with Crippen molar-refractivity contribution in [1.29, 1.82) is 5.26 Å². The third-order valence-electron chi connectivity index (χ3n) is 11.9. The van der Waals surface area contributed by atoms with Crippen molar-refractivity contribution in [2.24, 2.45) is 0 Å². The molecule has 0 unspecified atom stereocenters. The fourth-order valence-electron chi connectivity index (χ4n) is 8.82. The first-order chi connectivity index (χ1) is 29.3. The molecule has 0 radical (unpaired) electrons. The predicted octanol–water partition coefficient (Wildman–Crippen LogP) is 15.7. The number of fused-ring (bicyclic) bond motifs is 6. The Bertz CT molecular complexity index is 3270. The van der Waals surface area contributed by atoms with E-state index in [0.29, 0.717) is 22.5 Å². The van der Waals surface area contributed by atoms with Gasteiger partial charge in [0.2, 0.25) is 0 Å². The van der Waals surface area contributed by atoms with Gasteiger partial charge in [0.25, 0.3) is 0 Å². The van der Waals surface area contributed by atoms with Crippen LogP contribution in [0.1, 0.15) is 69.4 Å². The van der Waals surface area contributed by atoms with E-state index in [0.717, 1.165) is 66.9 Å². The maximum absolute atomic E-state index is 14.6. The Morgan fingerprint density at radius 1 is 0.419 bits per heavy atom. The molecule has 3 nitrogen and oxygen atoms in total. The molecule has 0 spiro atoms. The van der Waals surface area contributed by atoms with E-state index < -0.39 is 23.5 Å². The Morgan fingerprint density at radius 2 is 0.855 bits per heavy atom. The van der Waals surface area contributed by atoms with Gasteiger partial charge < -0.3 is 9.13 Å². The van der Waals surface area contributed by atoms with Crippen LogP contribution in [-0.4, -0.2) is 9.13 Å². The highest BCUT2D eigenvalue weighted by atomic mass is 19.4. The second-order valence-corrected chi connectivity index (χ2v) is 18.0. The van der Waals surface area contributed by atoms with Crippen molar-refractivity contribution in [2.75, 3.05) is 0 Å². The number of alkyl halides is 6. The lowest BCUT2D eigenvalue weighted by atomic mass is 9.86. The molecule has 9 heteroatoms. The van der Waals surface area contributed by atoms with E-state index in [2.05, 4.69) is 65.8 Å². The largest absolute Gasteiger partial charge is 0.416 e. The molecule has 0 saturated carbocycles. The summed E-state index contributed by atoms with van der Waals surface area (Å²) in [4.78, 5) is 0. The van der Waals surface area contributed by atoms with Crippen molar-refractivity contribution < 1.29 is 26.3 Å². The summed E-state index contributed by atoms with van der Waals surface area (Å²) in [7, 11) is 0. The Hall–Kier alpha value is -6.79. The number of hydrogen-bond donors (Lipinski definition) is 0. The van der Waals surface area contributed by atoms with Crippen LogP contribution in [0.2, 0.25) is 0 Å². The van der Waals surface area contributed by atoms with E-state index in [4.69, 9.17) is 0 Å².